The lowest BCUT2D eigenvalue weighted by Gasteiger charge is -2.21. The number of hydrogen-bond acceptors (Lipinski definition) is 0. The molecule has 0 bridgehead atoms. The lowest BCUT2D eigenvalue weighted by Crippen LogP contribution is -2.13. The number of aryl methyl sites for hydroxylation is 1. The Hall–Kier alpha value is -0.850. The molecule has 1 rings (SSSR count). The monoisotopic (exact) mass is 210 g/mol. The molecule has 0 heterocycles. The van der Waals surface area contributed by atoms with Gasteiger partial charge in [-0.2, -0.15) is 0 Å². The third kappa shape index (κ3) is 4.96. The maximum atomic E-state index is 12.9. The topological polar surface area (TPSA) is 0 Å². The molecule has 0 spiro atoms. The molecule has 0 unspecified atom stereocenters. The van der Waals surface area contributed by atoms with Gasteiger partial charge in [0.2, 0.25) is 0 Å². The van der Waals surface area contributed by atoms with Crippen molar-refractivity contribution in [1.82, 2.24) is 0 Å². The normalized spacial score (nSPS) is 10.6. The van der Waals surface area contributed by atoms with E-state index >= 15 is 0 Å². The first-order valence-electron chi connectivity index (χ1n) is 5.59. The third-order valence-electron chi connectivity index (χ3n) is 2.01. The lowest BCUT2D eigenvalue weighted by molar-refractivity contribution is 0.568. The van der Waals surface area contributed by atoms with Gasteiger partial charge in [-0.15, -0.1) is 0 Å². The lowest BCUT2D eigenvalue weighted by atomic mass is 9.84. The number of halogens is 1. The van der Waals surface area contributed by atoms with E-state index in [1.165, 1.54) is 12.5 Å². The molecule has 0 aromatic heterocycles. The zero-order chi connectivity index (χ0) is 12.1. The molecule has 15 heavy (non-hydrogen) atoms. The molecule has 0 aliphatic rings. The van der Waals surface area contributed by atoms with Gasteiger partial charge >= 0.3 is 0 Å². The minimum Gasteiger partial charge on any atom is -0.207 e. The van der Waals surface area contributed by atoms with Crippen LogP contribution in [0.2, 0.25) is 0 Å². The zero-order valence-corrected chi connectivity index (χ0v) is 10.8. The van der Waals surface area contributed by atoms with Gasteiger partial charge in [0.15, 0.2) is 0 Å². The summed E-state index contributed by atoms with van der Waals surface area (Å²) >= 11 is 0. The predicted octanol–water partition coefficient (Wildman–Crippen LogP) is 4.85. The molecule has 1 aromatic rings. The highest BCUT2D eigenvalue weighted by molar-refractivity contribution is 5.32. The molecule has 0 aliphatic heterocycles. The summed E-state index contributed by atoms with van der Waals surface area (Å²) in [7, 11) is 0. The van der Waals surface area contributed by atoms with Crippen LogP contribution in [0.3, 0.4) is 0 Å². The van der Waals surface area contributed by atoms with Gasteiger partial charge in [-0.05, 0) is 35.6 Å². The Labute approximate surface area is 93.5 Å². The SMILES string of the molecule is CCC.Cc1ccc(F)cc1C(C)(C)C. The van der Waals surface area contributed by atoms with E-state index in [-0.39, 0.29) is 11.2 Å². The largest absolute Gasteiger partial charge is 0.207 e. The Morgan fingerprint density at radius 2 is 1.60 bits per heavy atom. The summed E-state index contributed by atoms with van der Waals surface area (Å²) in [6.45, 7) is 12.5. The second-order valence-electron chi connectivity index (χ2n) is 4.92. The van der Waals surface area contributed by atoms with E-state index in [1.807, 2.05) is 13.0 Å². The second kappa shape index (κ2) is 5.89. The summed E-state index contributed by atoms with van der Waals surface area (Å²) in [4.78, 5) is 0. The maximum absolute atomic E-state index is 12.9. The molecular formula is C14H23F. The van der Waals surface area contributed by atoms with Gasteiger partial charge in [0.05, 0.1) is 0 Å². The van der Waals surface area contributed by atoms with Crippen molar-refractivity contribution < 1.29 is 4.39 Å². The maximum Gasteiger partial charge on any atom is 0.123 e. The van der Waals surface area contributed by atoms with Crippen molar-refractivity contribution in [3.63, 3.8) is 0 Å². The minimum absolute atomic E-state index is 0.0339. The molecule has 0 saturated carbocycles. The van der Waals surface area contributed by atoms with Gasteiger partial charge in [-0.25, -0.2) is 4.39 Å². The Bertz CT molecular complexity index is 295. The highest BCUT2D eigenvalue weighted by Crippen LogP contribution is 2.25. The summed E-state index contributed by atoms with van der Waals surface area (Å²) < 4.78 is 12.9. The molecule has 0 aliphatic carbocycles. The van der Waals surface area contributed by atoms with Crippen LogP contribution in [-0.4, -0.2) is 0 Å². The standard InChI is InChI=1S/C11H15F.C3H8/c1-8-5-6-9(12)7-10(8)11(2,3)4;1-3-2/h5-7H,1-4H3;3H2,1-2H3. The number of hydrogen-bond donors (Lipinski definition) is 0. The molecule has 0 saturated heterocycles. The van der Waals surface area contributed by atoms with Crippen LogP contribution in [0.5, 0.6) is 0 Å². The fraction of sp³-hybridized carbons (Fsp3) is 0.571. The fourth-order valence-corrected chi connectivity index (χ4v) is 1.40. The number of benzene rings is 1. The van der Waals surface area contributed by atoms with E-state index in [2.05, 4.69) is 34.6 Å². The van der Waals surface area contributed by atoms with E-state index in [4.69, 9.17) is 0 Å². The van der Waals surface area contributed by atoms with Crippen LogP contribution >= 0.6 is 0 Å². The van der Waals surface area contributed by atoms with Gasteiger partial charge in [0, 0.05) is 0 Å². The van der Waals surface area contributed by atoms with Crippen molar-refractivity contribution in [1.29, 1.82) is 0 Å². The minimum atomic E-state index is -0.148. The quantitative estimate of drug-likeness (QED) is 0.574. The number of rotatable bonds is 0. The van der Waals surface area contributed by atoms with Crippen molar-refractivity contribution in [3.8, 4) is 0 Å². The summed E-state index contributed by atoms with van der Waals surface area (Å²) in [6.07, 6.45) is 1.25. The molecule has 0 nitrogen and oxygen atoms in total. The van der Waals surface area contributed by atoms with Gasteiger partial charge < -0.3 is 0 Å². The fourth-order valence-electron chi connectivity index (χ4n) is 1.40. The van der Waals surface area contributed by atoms with Crippen molar-refractivity contribution in [2.45, 2.75) is 53.4 Å². The molecule has 0 N–H and O–H groups in total. The Morgan fingerprint density at radius 3 is 1.93 bits per heavy atom. The first-order chi connectivity index (χ1) is 6.82. The van der Waals surface area contributed by atoms with Crippen molar-refractivity contribution in [2.75, 3.05) is 0 Å². The smallest absolute Gasteiger partial charge is 0.123 e. The van der Waals surface area contributed by atoms with E-state index in [0.717, 1.165) is 11.1 Å². The Balaban J connectivity index is 0.000000583. The Kier molecular flexibility index (Phi) is 5.56. The average molecular weight is 210 g/mol. The van der Waals surface area contributed by atoms with Crippen molar-refractivity contribution >= 4 is 0 Å². The first-order valence-corrected chi connectivity index (χ1v) is 5.59. The van der Waals surface area contributed by atoms with E-state index < -0.39 is 0 Å². The van der Waals surface area contributed by atoms with Crippen LogP contribution in [0.15, 0.2) is 18.2 Å². The van der Waals surface area contributed by atoms with Gasteiger partial charge in [0.1, 0.15) is 5.82 Å². The molecular weight excluding hydrogens is 187 g/mol. The van der Waals surface area contributed by atoms with E-state index in [9.17, 15) is 4.39 Å². The van der Waals surface area contributed by atoms with Crippen LogP contribution in [0.25, 0.3) is 0 Å². The van der Waals surface area contributed by atoms with E-state index in [1.54, 1.807) is 6.07 Å². The molecule has 0 atom stereocenters. The summed E-state index contributed by atoms with van der Waals surface area (Å²) in [5, 5.41) is 0. The third-order valence-corrected chi connectivity index (χ3v) is 2.01. The summed E-state index contributed by atoms with van der Waals surface area (Å²) in [6, 6.07) is 4.95. The van der Waals surface area contributed by atoms with Gasteiger partial charge in [0.25, 0.3) is 0 Å². The summed E-state index contributed by atoms with van der Waals surface area (Å²) in [5.41, 5.74) is 2.28. The molecule has 0 radical (unpaired) electrons. The molecule has 0 amide bonds. The molecule has 1 aromatic carbocycles. The summed E-state index contributed by atoms with van der Waals surface area (Å²) in [5.74, 6) is -0.148. The Morgan fingerprint density at radius 1 is 1.13 bits per heavy atom. The van der Waals surface area contributed by atoms with Crippen molar-refractivity contribution in [2.24, 2.45) is 0 Å². The predicted molar refractivity (Wildman–Crippen MR) is 65.8 cm³/mol. The molecule has 86 valence electrons. The van der Waals surface area contributed by atoms with Gasteiger partial charge in [-0.1, -0.05) is 47.1 Å². The van der Waals surface area contributed by atoms with Crippen LogP contribution < -0.4 is 0 Å². The molecule has 1 heteroatoms. The second-order valence-corrected chi connectivity index (χ2v) is 4.92. The van der Waals surface area contributed by atoms with Gasteiger partial charge in [-0.3, -0.25) is 0 Å². The van der Waals surface area contributed by atoms with Crippen LogP contribution in [0, 0.1) is 12.7 Å². The molecule has 0 fully saturated rings. The highest BCUT2D eigenvalue weighted by Gasteiger charge is 2.16. The average Bonchev–Trinajstić information content (AvgIpc) is 2.09. The van der Waals surface area contributed by atoms with Crippen LogP contribution in [-0.2, 0) is 5.41 Å². The van der Waals surface area contributed by atoms with E-state index in [0.29, 0.717) is 0 Å². The van der Waals surface area contributed by atoms with Crippen LogP contribution in [0.4, 0.5) is 4.39 Å². The van der Waals surface area contributed by atoms with Crippen molar-refractivity contribution in [3.05, 3.63) is 35.1 Å². The zero-order valence-electron chi connectivity index (χ0n) is 10.8. The highest BCUT2D eigenvalue weighted by atomic mass is 19.1. The van der Waals surface area contributed by atoms with Crippen LogP contribution in [0.1, 0.15) is 52.2 Å². The first kappa shape index (κ1) is 14.2.